The van der Waals surface area contributed by atoms with Crippen molar-refractivity contribution in [2.75, 3.05) is 11.9 Å². The zero-order valence-electron chi connectivity index (χ0n) is 6.80. The van der Waals surface area contributed by atoms with Crippen LogP contribution in [0.1, 0.15) is 15.9 Å². The summed E-state index contributed by atoms with van der Waals surface area (Å²) < 4.78 is 13.1. The van der Waals surface area contributed by atoms with Crippen LogP contribution in [0.2, 0.25) is 0 Å². The molecule has 0 fully saturated rings. The van der Waals surface area contributed by atoms with Gasteiger partial charge in [-0.2, -0.15) is 0 Å². The standard InChI is InChI=1S/C9H8FNO2/c10-7-4-8-5(1-2-11-8)3-6(7)9(12)13/h3-4,11H,1-2H2,(H,12,13). The number of hydrogen-bond acceptors (Lipinski definition) is 2. The number of fused-ring (bicyclic) bond motifs is 1. The predicted octanol–water partition coefficient (Wildman–Crippen LogP) is 1.49. The molecule has 68 valence electrons. The SMILES string of the molecule is O=C(O)c1cc2c(cc1F)NCC2. The highest BCUT2D eigenvalue weighted by molar-refractivity contribution is 5.89. The number of hydrogen-bond donors (Lipinski definition) is 2. The van der Waals surface area contributed by atoms with Gasteiger partial charge in [0.1, 0.15) is 5.82 Å². The van der Waals surface area contributed by atoms with Gasteiger partial charge >= 0.3 is 5.97 Å². The minimum atomic E-state index is -1.22. The lowest BCUT2D eigenvalue weighted by molar-refractivity contribution is 0.0692. The molecule has 0 amide bonds. The molecule has 0 unspecified atom stereocenters. The van der Waals surface area contributed by atoms with Gasteiger partial charge in [0.25, 0.3) is 0 Å². The van der Waals surface area contributed by atoms with Crippen LogP contribution in [-0.4, -0.2) is 17.6 Å². The number of rotatable bonds is 1. The van der Waals surface area contributed by atoms with Crippen molar-refractivity contribution in [2.24, 2.45) is 0 Å². The second-order valence-electron chi connectivity index (χ2n) is 2.97. The highest BCUT2D eigenvalue weighted by Gasteiger charge is 2.17. The average Bonchev–Trinajstić information content (AvgIpc) is 2.48. The summed E-state index contributed by atoms with van der Waals surface area (Å²) in [6, 6.07) is 2.64. The average molecular weight is 181 g/mol. The first-order chi connectivity index (χ1) is 6.18. The molecule has 0 spiro atoms. The molecule has 2 N–H and O–H groups in total. The van der Waals surface area contributed by atoms with Crippen molar-refractivity contribution in [3.05, 3.63) is 29.1 Å². The number of aromatic carboxylic acids is 1. The maximum atomic E-state index is 13.1. The van der Waals surface area contributed by atoms with Gasteiger partial charge in [0, 0.05) is 12.2 Å². The van der Waals surface area contributed by atoms with Gasteiger partial charge in [0.05, 0.1) is 5.56 Å². The lowest BCUT2D eigenvalue weighted by Crippen LogP contribution is -2.01. The van der Waals surface area contributed by atoms with Crippen molar-refractivity contribution in [3.8, 4) is 0 Å². The number of anilines is 1. The van der Waals surface area contributed by atoms with Gasteiger partial charge in [0.15, 0.2) is 0 Å². The van der Waals surface area contributed by atoms with Gasteiger partial charge in [-0.05, 0) is 24.1 Å². The number of halogens is 1. The fraction of sp³-hybridized carbons (Fsp3) is 0.222. The first kappa shape index (κ1) is 8.04. The Balaban J connectivity index is 2.55. The van der Waals surface area contributed by atoms with E-state index in [1.165, 1.54) is 12.1 Å². The molecule has 13 heavy (non-hydrogen) atoms. The Labute approximate surface area is 74.2 Å². The van der Waals surface area contributed by atoms with Crippen molar-refractivity contribution >= 4 is 11.7 Å². The molecule has 1 aliphatic heterocycles. The molecule has 1 heterocycles. The van der Waals surface area contributed by atoms with Gasteiger partial charge < -0.3 is 10.4 Å². The van der Waals surface area contributed by atoms with Gasteiger partial charge in [-0.1, -0.05) is 0 Å². The lowest BCUT2D eigenvalue weighted by Gasteiger charge is -2.02. The smallest absolute Gasteiger partial charge is 0.338 e. The molecule has 3 nitrogen and oxygen atoms in total. The first-order valence-electron chi connectivity index (χ1n) is 3.98. The van der Waals surface area contributed by atoms with Gasteiger partial charge in [-0.25, -0.2) is 9.18 Å². The van der Waals surface area contributed by atoms with Crippen LogP contribution in [0, 0.1) is 5.82 Å². The topological polar surface area (TPSA) is 49.3 Å². The molecule has 1 aromatic rings. The Morgan fingerprint density at radius 3 is 3.00 bits per heavy atom. The monoisotopic (exact) mass is 181 g/mol. The van der Waals surface area contributed by atoms with Crippen LogP contribution in [0.15, 0.2) is 12.1 Å². The van der Waals surface area contributed by atoms with E-state index in [2.05, 4.69) is 5.32 Å². The summed E-state index contributed by atoms with van der Waals surface area (Å²) in [7, 11) is 0. The van der Waals surface area contributed by atoms with Crippen LogP contribution < -0.4 is 5.32 Å². The third-order valence-corrected chi connectivity index (χ3v) is 2.13. The normalized spacial score (nSPS) is 13.6. The van der Waals surface area contributed by atoms with Crippen molar-refractivity contribution in [1.82, 2.24) is 0 Å². The van der Waals surface area contributed by atoms with E-state index in [4.69, 9.17) is 5.11 Å². The molecule has 4 heteroatoms. The van der Waals surface area contributed by atoms with Crippen LogP contribution in [0.4, 0.5) is 10.1 Å². The highest BCUT2D eigenvalue weighted by atomic mass is 19.1. The molecule has 1 aromatic carbocycles. The van der Waals surface area contributed by atoms with Crippen LogP contribution in [-0.2, 0) is 6.42 Å². The molecule has 1 aliphatic rings. The molecule has 0 atom stereocenters. The Morgan fingerprint density at radius 1 is 1.54 bits per heavy atom. The van der Waals surface area contributed by atoms with Crippen molar-refractivity contribution in [1.29, 1.82) is 0 Å². The highest BCUT2D eigenvalue weighted by Crippen LogP contribution is 2.25. The van der Waals surface area contributed by atoms with Gasteiger partial charge in [0.2, 0.25) is 0 Å². The van der Waals surface area contributed by atoms with Crippen LogP contribution in [0.5, 0.6) is 0 Å². The van der Waals surface area contributed by atoms with E-state index < -0.39 is 11.8 Å². The molecular weight excluding hydrogens is 173 g/mol. The Kier molecular flexibility index (Phi) is 1.69. The molecule has 0 aliphatic carbocycles. The number of carboxylic acid groups (broad SMARTS) is 1. The quantitative estimate of drug-likeness (QED) is 0.690. The zero-order chi connectivity index (χ0) is 9.42. The zero-order valence-corrected chi connectivity index (χ0v) is 6.80. The number of nitrogens with one attached hydrogen (secondary N) is 1. The third kappa shape index (κ3) is 1.24. The number of benzene rings is 1. The van der Waals surface area contributed by atoms with Crippen LogP contribution in [0.3, 0.4) is 0 Å². The molecule has 0 saturated heterocycles. The maximum absolute atomic E-state index is 13.1. The minimum absolute atomic E-state index is 0.248. The van der Waals surface area contributed by atoms with E-state index in [0.717, 1.165) is 18.5 Å². The van der Waals surface area contributed by atoms with E-state index >= 15 is 0 Å². The largest absolute Gasteiger partial charge is 0.478 e. The van der Waals surface area contributed by atoms with E-state index in [-0.39, 0.29) is 5.56 Å². The second-order valence-corrected chi connectivity index (χ2v) is 2.97. The fourth-order valence-electron chi connectivity index (χ4n) is 1.49. The van der Waals surface area contributed by atoms with Gasteiger partial charge in [-0.3, -0.25) is 0 Å². The molecular formula is C9H8FNO2. The Hall–Kier alpha value is -1.58. The molecule has 2 rings (SSSR count). The first-order valence-corrected chi connectivity index (χ1v) is 3.98. The summed E-state index contributed by atoms with van der Waals surface area (Å²) in [6.45, 7) is 0.748. The lowest BCUT2D eigenvalue weighted by atomic mass is 10.1. The van der Waals surface area contributed by atoms with Crippen LogP contribution >= 0.6 is 0 Å². The van der Waals surface area contributed by atoms with Crippen LogP contribution in [0.25, 0.3) is 0 Å². The minimum Gasteiger partial charge on any atom is -0.478 e. The molecule has 0 saturated carbocycles. The van der Waals surface area contributed by atoms with Crippen molar-refractivity contribution in [3.63, 3.8) is 0 Å². The third-order valence-electron chi connectivity index (χ3n) is 2.13. The summed E-state index contributed by atoms with van der Waals surface area (Å²) >= 11 is 0. The number of carboxylic acids is 1. The van der Waals surface area contributed by atoms with Crippen molar-refractivity contribution < 1.29 is 14.3 Å². The summed E-state index contributed by atoms with van der Waals surface area (Å²) in [5, 5.41) is 11.6. The van der Waals surface area contributed by atoms with E-state index in [0.29, 0.717) is 5.69 Å². The Bertz CT molecular complexity index is 376. The van der Waals surface area contributed by atoms with Gasteiger partial charge in [-0.15, -0.1) is 0 Å². The van der Waals surface area contributed by atoms with E-state index in [1.807, 2.05) is 0 Å². The van der Waals surface area contributed by atoms with E-state index in [9.17, 15) is 9.18 Å². The summed E-state index contributed by atoms with van der Waals surface area (Å²) in [4.78, 5) is 10.6. The molecule has 0 aromatic heterocycles. The summed E-state index contributed by atoms with van der Waals surface area (Å²) in [6.07, 6.45) is 0.760. The molecule has 0 bridgehead atoms. The maximum Gasteiger partial charge on any atom is 0.338 e. The van der Waals surface area contributed by atoms with Crippen molar-refractivity contribution in [2.45, 2.75) is 6.42 Å². The summed E-state index contributed by atoms with van der Waals surface area (Å²) in [5.74, 6) is -1.90. The second kappa shape index (κ2) is 2.73. The molecule has 0 radical (unpaired) electrons. The fourth-order valence-corrected chi connectivity index (χ4v) is 1.49. The summed E-state index contributed by atoms with van der Waals surface area (Å²) in [5.41, 5.74) is 1.34. The predicted molar refractivity (Wildman–Crippen MR) is 45.6 cm³/mol. The van der Waals surface area contributed by atoms with E-state index in [1.54, 1.807) is 0 Å². The number of carbonyl (C=O) groups is 1. The Morgan fingerprint density at radius 2 is 2.31 bits per heavy atom.